The van der Waals surface area contributed by atoms with E-state index in [0.29, 0.717) is 12.2 Å². The molecular formula is C11H12F2N4. The average Bonchev–Trinajstić information content (AvgIpc) is 2.81. The van der Waals surface area contributed by atoms with E-state index in [1.807, 2.05) is 6.92 Å². The molecule has 6 heteroatoms. The lowest BCUT2D eigenvalue weighted by molar-refractivity contribution is 0.571. The number of nitrogens with zero attached hydrogens (tertiary/aromatic N) is 2. The van der Waals surface area contributed by atoms with E-state index in [0.717, 1.165) is 12.3 Å². The predicted molar refractivity (Wildman–Crippen MR) is 59.4 cm³/mol. The van der Waals surface area contributed by atoms with Crippen molar-refractivity contribution in [3.8, 4) is 0 Å². The minimum absolute atomic E-state index is 0.0228. The zero-order chi connectivity index (χ0) is 12.3. The van der Waals surface area contributed by atoms with Gasteiger partial charge in [-0.15, -0.1) is 0 Å². The highest BCUT2D eigenvalue weighted by Gasteiger charge is 2.14. The third-order valence-electron chi connectivity index (χ3n) is 2.38. The summed E-state index contributed by atoms with van der Waals surface area (Å²) in [6.45, 7) is 1.93. The van der Waals surface area contributed by atoms with Gasteiger partial charge in [0.2, 0.25) is 0 Å². The molecule has 0 amide bonds. The van der Waals surface area contributed by atoms with E-state index in [-0.39, 0.29) is 11.9 Å². The molecule has 0 aliphatic rings. The number of hydrogen-bond donors (Lipinski definition) is 2. The Morgan fingerprint density at radius 2 is 2.24 bits per heavy atom. The molecule has 1 atom stereocenters. The highest BCUT2D eigenvalue weighted by Crippen LogP contribution is 2.20. The van der Waals surface area contributed by atoms with Gasteiger partial charge < -0.3 is 10.3 Å². The fraction of sp³-hybridized carbons (Fsp3) is 0.273. The maximum atomic E-state index is 13.4. The Morgan fingerprint density at radius 1 is 1.41 bits per heavy atom. The lowest BCUT2D eigenvalue weighted by Gasteiger charge is -2.15. The molecule has 2 aromatic rings. The van der Waals surface area contributed by atoms with Gasteiger partial charge in [0, 0.05) is 18.5 Å². The fourth-order valence-electron chi connectivity index (χ4n) is 1.52. The van der Waals surface area contributed by atoms with Crippen LogP contribution in [0.3, 0.4) is 0 Å². The molecule has 17 heavy (non-hydrogen) atoms. The van der Waals surface area contributed by atoms with E-state index in [2.05, 4.69) is 20.3 Å². The minimum Gasteiger partial charge on any atom is -0.358 e. The van der Waals surface area contributed by atoms with Crippen LogP contribution in [-0.2, 0) is 0 Å². The Bertz CT molecular complexity index is 484. The van der Waals surface area contributed by atoms with Gasteiger partial charge in [-0.2, -0.15) is 0 Å². The van der Waals surface area contributed by atoms with E-state index in [4.69, 9.17) is 0 Å². The molecule has 2 N–H and O–H groups in total. The van der Waals surface area contributed by atoms with Crippen LogP contribution in [0, 0.1) is 11.6 Å². The molecule has 1 unspecified atom stereocenters. The fourth-order valence-corrected chi connectivity index (χ4v) is 1.52. The van der Waals surface area contributed by atoms with Crippen molar-refractivity contribution in [3.63, 3.8) is 0 Å². The Hall–Kier alpha value is -1.98. The Balaban J connectivity index is 2.19. The molecule has 0 spiro atoms. The summed E-state index contributed by atoms with van der Waals surface area (Å²) in [6.07, 6.45) is 4.98. The van der Waals surface area contributed by atoms with E-state index < -0.39 is 11.6 Å². The number of H-pyrrole nitrogens is 1. The van der Waals surface area contributed by atoms with E-state index in [1.54, 1.807) is 12.4 Å². The van der Waals surface area contributed by atoms with Gasteiger partial charge in [0.25, 0.3) is 0 Å². The van der Waals surface area contributed by atoms with Crippen LogP contribution in [0.5, 0.6) is 0 Å². The van der Waals surface area contributed by atoms with Crippen molar-refractivity contribution in [2.75, 3.05) is 5.32 Å². The van der Waals surface area contributed by atoms with Crippen molar-refractivity contribution in [2.24, 2.45) is 0 Å². The van der Waals surface area contributed by atoms with Crippen molar-refractivity contribution in [1.29, 1.82) is 0 Å². The second kappa shape index (κ2) is 4.90. The first-order valence-corrected chi connectivity index (χ1v) is 5.27. The lowest BCUT2D eigenvalue weighted by Crippen LogP contribution is -2.13. The van der Waals surface area contributed by atoms with Gasteiger partial charge in [0.1, 0.15) is 11.6 Å². The zero-order valence-electron chi connectivity index (χ0n) is 9.24. The summed E-state index contributed by atoms with van der Waals surface area (Å²) in [7, 11) is 0. The highest BCUT2D eigenvalue weighted by molar-refractivity contribution is 5.37. The first kappa shape index (κ1) is 11.5. The molecule has 0 saturated carbocycles. The van der Waals surface area contributed by atoms with E-state index in [1.165, 1.54) is 0 Å². The minimum atomic E-state index is -0.713. The van der Waals surface area contributed by atoms with Crippen LogP contribution < -0.4 is 5.32 Å². The Kier molecular flexibility index (Phi) is 3.32. The van der Waals surface area contributed by atoms with E-state index in [9.17, 15) is 8.78 Å². The normalized spacial score (nSPS) is 12.4. The maximum Gasteiger partial charge on any atom is 0.168 e. The summed E-state index contributed by atoms with van der Waals surface area (Å²) in [5, 5.41) is 2.88. The predicted octanol–water partition coefficient (Wildman–Crippen LogP) is 2.65. The van der Waals surface area contributed by atoms with Crippen LogP contribution in [0.15, 0.2) is 24.7 Å². The average molecular weight is 238 g/mol. The van der Waals surface area contributed by atoms with Crippen molar-refractivity contribution >= 4 is 5.82 Å². The van der Waals surface area contributed by atoms with Crippen LogP contribution in [-0.4, -0.2) is 15.0 Å². The van der Waals surface area contributed by atoms with Crippen molar-refractivity contribution < 1.29 is 8.78 Å². The topological polar surface area (TPSA) is 53.6 Å². The summed E-state index contributed by atoms with van der Waals surface area (Å²) in [6, 6.07) is 0.613. The summed E-state index contributed by atoms with van der Waals surface area (Å²) in [5.74, 6) is -0.693. The first-order chi connectivity index (χ1) is 8.20. The number of halogens is 2. The summed E-state index contributed by atoms with van der Waals surface area (Å²) in [5.41, 5.74) is 0. The number of imidazole rings is 1. The van der Waals surface area contributed by atoms with Crippen molar-refractivity contribution in [1.82, 2.24) is 15.0 Å². The van der Waals surface area contributed by atoms with E-state index >= 15 is 0 Å². The summed E-state index contributed by atoms with van der Waals surface area (Å²) < 4.78 is 26.1. The standard InChI is InChI=1S/C11H12F2N4/c1-2-9(11-14-3-4-15-11)17-10-8(13)5-7(12)6-16-10/h3-6,9H,2H2,1H3,(H,14,15)(H,16,17). The highest BCUT2D eigenvalue weighted by atomic mass is 19.1. The largest absolute Gasteiger partial charge is 0.358 e. The van der Waals surface area contributed by atoms with Crippen LogP contribution in [0.4, 0.5) is 14.6 Å². The third kappa shape index (κ3) is 2.58. The second-order valence-electron chi connectivity index (χ2n) is 3.56. The van der Waals surface area contributed by atoms with Gasteiger partial charge in [-0.1, -0.05) is 6.92 Å². The quantitative estimate of drug-likeness (QED) is 0.860. The molecule has 2 aromatic heterocycles. The van der Waals surface area contributed by atoms with Crippen LogP contribution in [0.1, 0.15) is 25.2 Å². The number of aromatic amines is 1. The van der Waals surface area contributed by atoms with Crippen molar-refractivity contribution in [2.45, 2.75) is 19.4 Å². The van der Waals surface area contributed by atoms with Crippen LogP contribution >= 0.6 is 0 Å². The molecule has 0 saturated heterocycles. The first-order valence-electron chi connectivity index (χ1n) is 5.27. The van der Waals surface area contributed by atoms with Gasteiger partial charge in [0.15, 0.2) is 11.6 Å². The molecule has 0 radical (unpaired) electrons. The molecule has 0 aromatic carbocycles. The Labute approximate surface area is 97.1 Å². The maximum absolute atomic E-state index is 13.4. The molecule has 4 nitrogen and oxygen atoms in total. The van der Waals surface area contributed by atoms with Gasteiger partial charge in [-0.25, -0.2) is 18.7 Å². The number of rotatable bonds is 4. The summed E-state index contributed by atoms with van der Waals surface area (Å²) >= 11 is 0. The number of nitrogens with one attached hydrogen (secondary N) is 2. The van der Waals surface area contributed by atoms with Gasteiger partial charge in [-0.3, -0.25) is 0 Å². The molecule has 2 rings (SSSR count). The van der Waals surface area contributed by atoms with Gasteiger partial charge >= 0.3 is 0 Å². The SMILES string of the molecule is CCC(Nc1ncc(F)cc1F)c1ncc[nH]1. The molecule has 90 valence electrons. The van der Waals surface area contributed by atoms with Crippen molar-refractivity contribution in [3.05, 3.63) is 42.1 Å². The monoisotopic (exact) mass is 238 g/mol. The molecule has 2 heterocycles. The molecule has 0 bridgehead atoms. The number of anilines is 1. The number of aromatic nitrogens is 3. The van der Waals surface area contributed by atoms with Gasteiger partial charge in [0.05, 0.1) is 12.2 Å². The van der Waals surface area contributed by atoms with Crippen LogP contribution in [0.25, 0.3) is 0 Å². The smallest absolute Gasteiger partial charge is 0.168 e. The number of hydrogen-bond acceptors (Lipinski definition) is 3. The number of pyridine rings is 1. The van der Waals surface area contributed by atoms with Crippen LogP contribution in [0.2, 0.25) is 0 Å². The lowest BCUT2D eigenvalue weighted by atomic mass is 10.2. The van der Waals surface area contributed by atoms with Gasteiger partial charge in [-0.05, 0) is 6.42 Å². The molecule has 0 aliphatic carbocycles. The molecule has 0 aliphatic heterocycles. The zero-order valence-corrected chi connectivity index (χ0v) is 9.24. The molecule has 0 fully saturated rings. The Morgan fingerprint density at radius 3 is 2.82 bits per heavy atom. The summed E-state index contributed by atoms with van der Waals surface area (Å²) in [4.78, 5) is 10.7. The second-order valence-corrected chi connectivity index (χ2v) is 3.56. The third-order valence-corrected chi connectivity index (χ3v) is 2.38. The molecular weight excluding hydrogens is 226 g/mol.